The number of carbonyl (C=O) groups is 1. The van der Waals surface area contributed by atoms with Gasteiger partial charge in [-0.3, -0.25) is 4.79 Å². The fraction of sp³-hybridized carbons (Fsp3) is 0.188. The Morgan fingerprint density at radius 2 is 1.74 bits per heavy atom. The average molecular weight is 321 g/mol. The monoisotopic (exact) mass is 320 g/mol. The van der Waals surface area contributed by atoms with Crippen molar-refractivity contribution in [2.75, 3.05) is 0 Å². The molecule has 0 radical (unpaired) electrons. The Labute approximate surface area is 120 Å². The highest BCUT2D eigenvalue weighted by atomic mass is 79.9. The molecule has 0 amide bonds. The van der Waals surface area contributed by atoms with Gasteiger partial charge in [-0.1, -0.05) is 37.6 Å². The summed E-state index contributed by atoms with van der Waals surface area (Å²) >= 11 is 3.09. The van der Waals surface area contributed by atoms with Crippen LogP contribution in [0, 0.1) is 5.82 Å². The molecule has 19 heavy (non-hydrogen) atoms. The summed E-state index contributed by atoms with van der Waals surface area (Å²) in [7, 11) is 0. The molecule has 0 heterocycles. The predicted octanol–water partition coefficient (Wildman–Crippen LogP) is 4.77. The lowest BCUT2D eigenvalue weighted by Crippen LogP contribution is -2.02. The Balaban J connectivity index is 2.25. The van der Waals surface area contributed by atoms with E-state index in [4.69, 9.17) is 0 Å². The molecule has 0 aliphatic carbocycles. The zero-order valence-corrected chi connectivity index (χ0v) is 12.2. The lowest BCUT2D eigenvalue weighted by atomic mass is 10.0. The van der Waals surface area contributed by atoms with Crippen LogP contribution < -0.4 is 0 Å². The third-order valence-electron chi connectivity index (χ3n) is 2.94. The first-order valence-corrected chi connectivity index (χ1v) is 7.00. The van der Waals surface area contributed by atoms with Gasteiger partial charge in [-0.05, 0) is 46.1 Å². The molecule has 0 aliphatic rings. The largest absolute Gasteiger partial charge is 0.289 e. The first kappa shape index (κ1) is 13.9. The Kier molecular flexibility index (Phi) is 4.48. The van der Waals surface area contributed by atoms with Crippen molar-refractivity contribution in [3.05, 3.63) is 69.4 Å². The first-order valence-electron chi connectivity index (χ1n) is 6.20. The van der Waals surface area contributed by atoms with Gasteiger partial charge in [-0.15, -0.1) is 0 Å². The summed E-state index contributed by atoms with van der Waals surface area (Å²) in [5.74, 6) is -0.460. The molecular formula is C16H14BrFO. The molecule has 0 fully saturated rings. The van der Waals surface area contributed by atoms with E-state index >= 15 is 0 Å². The summed E-state index contributed by atoms with van der Waals surface area (Å²) in [5, 5.41) is 0. The Hall–Kier alpha value is -1.48. The number of halogens is 2. The minimum atomic E-state index is -0.366. The van der Waals surface area contributed by atoms with Crippen molar-refractivity contribution in [1.29, 1.82) is 0 Å². The van der Waals surface area contributed by atoms with Crippen LogP contribution in [0.1, 0.15) is 34.8 Å². The maximum Gasteiger partial charge on any atom is 0.193 e. The second kappa shape index (κ2) is 6.11. The molecule has 0 saturated heterocycles. The standard InChI is InChI=1S/C16H14BrFO/c1-2-3-11-4-6-12(7-5-11)16(19)13-8-9-15(18)14(17)10-13/h4-10H,2-3H2,1H3. The summed E-state index contributed by atoms with van der Waals surface area (Å²) in [5.41, 5.74) is 2.33. The number of hydrogen-bond donors (Lipinski definition) is 0. The van der Waals surface area contributed by atoms with Gasteiger partial charge in [0.1, 0.15) is 5.82 Å². The molecule has 2 rings (SSSR count). The lowest BCUT2D eigenvalue weighted by Gasteiger charge is -2.04. The summed E-state index contributed by atoms with van der Waals surface area (Å²) in [6, 6.07) is 11.9. The third-order valence-corrected chi connectivity index (χ3v) is 3.54. The third kappa shape index (κ3) is 3.29. The zero-order valence-electron chi connectivity index (χ0n) is 10.6. The molecule has 2 aromatic rings. The van der Waals surface area contributed by atoms with Gasteiger partial charge in [0, 0.05) is 11.1 Å². The normalized spacial score (nSPS) is 10.5. The molecule has 0 unspecified atom stereocenters. The molecule has 2 aromatic carbocycles. The predicted molar refractivity (Wildman–Crippen MR) is 78.0 cm³/mol. The minimum Gasteiger partial charge on any atom is -0.289 e. The van der Waals surface area contributed by atoms with E-state index in [0.717, 1.165) is 12.8 Å². The van der Waals surface area contributed by atoms with E-state index in [0.29, 0.717) is 15.6 Å². The molecule has 0 aliphatic heterocycles. The van der Waals surface area contributed by atoms with Crippen LogP contribution >= 0.6 is 15.9 Å². The zero-order chi connectivity index (χ0) is 13.8. The van der Waals surface area contributed by atoms with Crippen LogP contribution in [-0.2, 0) is 6.42 Å². The second-order valence-corrected chi connectivity index (χ2v) is 5.26. The van der Waals surface area contributed by atoms with Gasteiger partial charge in [-0.25, -0.2) is 4.39 Å². The van der Waals surface area contributed by atoms with Gasteiger partial charge in [0.15, 0.2) is 5.78 Å². The van der Waals surface area contributed by atoms with E-state index in [-0.39, 0.29) is 11.6 Å². The van der Waals surface area contributed by atoms with Crippen LogP contribution in [0.2, 0.25) is 0 Å². The van der Waals surface area contributed by atoms with Crippen molar-refractivity contribution in [2.24, 2.45) is 0 Å². The van der Waals surface area contributed by atoms with Crippen LogP contribution in [0.5, 0.6) is 0 Å². The van der Waals surface area contributed by atoms with Crippen LogP contribution in [-0.4, -0.2) is 5.78 Å². The van der Waals surface area contributed by atoms with Crippen LogP contribution in [0.25, 0.3) is 0 Å². The second-order valence-electron chi connectivity index (χ2n) is 4.40. The summed E-state index contributed by atoms with van der Waals surface area (Å²) in [6.45, 7) is 2.12. The van der Waals surface area contributed by atoms with E-state index in [1.54, 1.807) is 0 Å². The Bertz CT molecular complexity index is 590. The van der Waals surface area contributed by atoms with Crippen molar-refractivity contribution in [3.8, 4) is 0 Å². The number of ketones is 1. The topological polar surface area (TPSA) is 17.1 Å². The Morgan fingerprint density at radius 1 is 1.11 bits per heavy atom. The van der Waals surface area contributed by atoms with Crippen molar-refractivity contribution >= 4 is 21.7 Å². The number of benzene rings is 2. The fourth-order valence-corrected chi connectivity index (χ4v) is 2.29. The highest BCUT2D eigenvalue weighted by Gasteiger charge is 2.10. The molecule has 0 saturated carbocycles. The van der Waals surface area contributed by atoms with Crippen LogP contribution in [0.3, 0.4) is 0 Å². The first-order chi connectivity index (χ1) is 9.11. The maximum absolute atomic E-state index is 13.1. The molecule has 98 valence electrons. The van der Waals surface area contributed by atoms with Gasteiger partial charge in [0.2, 0.25) is 0 Å². The van der Waals surface area contributed by atoms with E-state index in [1.165, 1.54) is 23.8 Å². The number of hydrogen-bond acceptors (Lipinski definition) is 1. The van der Waals surface area contributed by atoms with Crippen LogP contribution in [0.4, 0.5) is 4.39 Å². The van der Waals surface area contributed by atoms with Gasteiger partial charge in [0.05, 0.1) is 4.47 Å². The van der Waals surface area contributed by atoms with E-state index in [9.17, 15) is 9.18 Å². The van der Waals surface area contributed by atoms with E-state index in [2.05, 4.69) is 22.9 Å². The van der Waals surface area contributed by atoms with Gasteiger partial charge < -0.3 is 0 Å². The number of rotatable bonds is 4. The van der Waals surface area contributed by atoms with Crippen molar-refractivity contribution in [2.45, 2.75) is 19.8 Å². The molecule has 0 aromatic heterocycles. The highest BCUT2D eigenvalue weighted by Crippen LogP contribution is 2.19. The van der Waals surface area contributed by atoms with E-state index < -0.39 is 0 Å². The number of aryl methyl sites for hydroxylation is 1. The van der Waals surface area contributed by atoms with Crippen molar-refractivity contribution < 1.29 is 9.18 Å². The molecule has 0 bridgehead atoms. The van der Waals surface area contributed by atoms with Crippen LogP contribution in [0.15, 0.2) is 46.9 Å². The molecule has 0 N–H and O–H groups in total. The van der Waals surface area contributed by atoms with E-state index in [1.807, 2.05) is 24.3 Å². The van der Waals surface area contributed by atoms with Crippen molar-refractivity contribution in [3.63, 3.8) is 0 Å². The SMILES string of the molecule is CCCc1ccc(C(=O)c2ccc(F)c(Br)c2)cc1. The molecule has 1 nitrogen and oxygen atoms in total. The van der Waals surface area contributed by atoms with Gasteiger partial charge in [0.25, 0.3) is 0 Å². The fourth-order valence-electron chi connectivity index (χ4n) is 1.92. The number of carbonyl (C=O) groups excluding carboxylic acids is 1. The smallest absolute Gasteiger partial charge is 0.193 e. The van der Waals surface area contributed by atoms with Gasteiger partial charge >= 0.3 is 0 Å². The molecule has 0 spiro atoms. The summed E-state index contributed by atoms with van der Waals surface area (Å²) < 4.78 is 13.5. The summed E-state index contributed by atoms with van der Waals surface area (Å²) in [4.78, 5) is 12.2. The minimum absolute atomic E-state index is 0.0938. The maximum atomic E-state index is 13.1. The molecular weight excluding hydrogens is 307 g/mol. The summed E-state index contributed by atoms with van der Waals surface area (Å²) in [6.07, 6.45) is 2.09. The quantitative estimate of drug-likeness (QED) is 0.741. The lowest BCUT2D eigenvalue weighted by molar-refractivity contribution is 0.103. The molecule has 0 atom stereocenters. The van der Waals surface area contributed by atoms with Crippen molar-refractivity contribution in [1.82, 2.24) is 0 Å². The highest BCUT2D eigenvalue weighted by molar-refractivity contribution is 9.10. The van der Waals surface area contributed by atoms with Gasteiger partial charge in [-0.2, -0.15) is 0 Å². The molecule has 3 heteroatoms. The average Bonchev–Trinajstić information content (AvgIpc) is 2.42. The Morgan fingerprint density at radius 3 is 2.32 bits per heavy atom.